The molecule has 1 aliphatic rings. The molecule has 2 unspecified atom stereocenters. The Hall–Kier alpha value is -0.130. The maximum atomic E-state index is 10.7. The van der Waals surface area contributed by atoms with Crippen LogP contribution in [0.3, 0.4) is 0 Å². The normalized spacial score (nSPS) is 27.1. The van der Waals surface area contributed by atoms with Crippen LogP contribution >= 0.6 is 0 Å². The van der Waals surface area contributed by atoms with Gasteiger partial charge in [-0.15, -0.1) is 0 Å². The first-order chi connectivity index (χ1) is 7.03. The highest BCUT2D eigenvalue weighted by molar-refractivity contribution is 7.89. The van der Waals surface area contributed by atoms with Crippen molar-refractivity contribution in [2.75, 3.05) is 12.3 Å². The van der Waals surface area contributed by atoms with Crippen LogP contribution in [0, 0.1) is 5.92 Å². The van der Waals surface area contributed by atoms with E-state index in [1.165, 1.54) is 25.7 Å². The predicted octanol–water partition coefficient (Wildman–Crippen LogP) is 0.833. The molecule has 1 rings (SSSR count). The lowest BCUT2D eigenvalue weighted by Crippen LogP contribution is -2.34. The smallest absolute Gasteiger partial charge is 0.209 e. The van der Waals surface area contributed by atoms with E-state index in [9.17, 15) is 8.42 Å². The van der Waals surface area contributed by atoms with Crippen LogP contribution in [0.5, 0.6) is 0 Å². The SMILES string of the molecule is CCC1CCCC1NCCCS(N)(=O)=O. The largest absolute Gasteiger partial charge is 0.314 e. The van der Waals surface area contributed by atoms with Crippen molar-refractivity contribution < 1.29 is 8.42 Å². The van der Waals surface area contributed by atoms with Crippen molar-refractivity contribution in [3.05, 3.63) is 0 Å². The van der Waals surface area contributed by atoms with Crippen LogP contribution in [0.25, 0.3) is 0 Å². The molecule has 0 aromatic rings. The molecule has 2 atom stereocenters. The van der Waals surface area contributed by atoms with Crippen molar-refractivity contribution >= 4 is 10.0 Å². The highest BCUT2D eigenvalue weighted by atomic mass is 32.2. The van der Waals surface area contributed by atoms with Gasteiger partial charge in [0.2, 0.25) is 10.0 Å². The van der Waals surface area contributed by atoms with Gasteiger partial charge in [0.25, 0.3) is 0 Å². The van der Waals surface area contributed by atoms with E-state index in [-0.39, 0.29) is 5.75 Å². The number of rotatable bonds is 6. The average Bonchev–Trinajstić information content (AvgIpc) is 2.58. The summed E-state index contributed by atoms with van der Waals surface area (Å²) in [5, 5.41) is 8.36. The third-order valence-corrected chi connectivity index (χ3v) is 4.05. The first-order valence-corrected chi connectivity index (χ1v) is 7.48. The average molecular weight is 234 g/mol. The first kappa shape index (κ1) is 12.9. The zero-order chi connectivity index (χ0) is 11.3. The molecule has 4 nitrogen and oxygen atoms in total. The van der Waals surface area contributed by atoms with Crippen LogP contribution < -0.4 is 10.5 Å². The van der Waals surface area contributed by atoms with E-state index in [4.69, 9.17) is 5.14 Å². The lowest BCUT2D eigenvalue weighted by molar-refractivity contribution is 0.391. The van der Waals surface area contributed by atoms with Gasteiger partial charge in [0.05, 0.1) is 5.75 Å². The van der Waals surface area contributed by atoms with E-state index in [1.54, 1.807) is 0 Å². The molecule has 15 heavy (non-hydrogen) atoms. The standard InChI is InChI=1S/C10H22N2O2S/c1-2-9-5-3-6-10(9)12-7-4-8-15(11,13)14/h9-10,12H,2-8H2,1H3,(H2,11,13,14). The third-order valence-electron chi connectivity index (χ3n) is 3.20. The number of sulfonamides is 1. The Bertz CT molecular complexity index is 277. The Morgan fingerprint density at radius 1 is 1.40 bits per heavy atom. The second-order valence-corrected chi connectivity index (χ2v) is 6.11. The van der Waals surface area contributed by atoms with E-state index < -0.39 is 10.0 Å². The van der Waals surface area contributed by atoms with Gasteiger partial charge < -0.3 is 5.32 Å². The van der Waals surface area contributed by atoms with Gasteiger partial charge in [0.1, 0.15) is 0 Å². The lowest BCUT2D eigenvalue weighted by Gasteiger charge is -2.19. The summed E-state index contributed by atoms with van der Waals surface area (Å²) in [6, 6.07) is 0.593. The van der Waals surface area contributed by atoms with E-state index in [0.29, 0.717) is 12.5 Å². The minimum atomic E-state index is -3.28. The van der Waals surface area contributed by atoms with Gasteiger partial charge in [-0.05, 0) is 31.7 Å². The molecular formula is C10H22N2O2S. The molecule has 90 valence electrons. The monoisotopic (exact) mass is 234 g/mol. The number of nitrogens with one attached hydrogen (secondary N) is 1. The Balaban J connectivity index is 2.15. The maximum Gasteiger partial charge on any atom is 0.209 e. The highest BCUT2D eigenvalue weighted by Gasteiger charge is 2.24. The Morgan fingerprint density at radius 2 is 2.13 bits per heavy atom. The zero-order valence-electron chi connectivity index (χ0n) is 9.41. The molecule has 0 aromatic carbocycles. The molecule has 0 radical (unpaired) electrons. The van der Waals surface area contributed by atoms with Crippen molar-refractivity contribution in [2.24, 2.45) is 11.1 Å². The number of nitrogens with two attached hydrogens (primary N) is 1. The first-order valence-electron chi connectivity index (χ1n) is 5.77. The van der Waals surface area contributed by atoms with Crippen molar-refractivity contribution in [2.45, 2.75) is 45.1 Å². The number of hydrogen-bond donors (Lipinski definition) is 2. The second kappa shape index (κ2) is 5.82. The zero-order valence-corrected chi connectivity index (χ0v) is 10.2. The van der Waals surface area contributed by atoms with Crippen molar-refractivity contribution in [1.82, 2.24) is 5.32 Å². The van der Waals surface area contributed by atoms with Gasteiger partial charge in [-0.25, -0.2) is 13.6 Å². The molecule has 0 amide bonds. The fourth-order valence-electron chi connectivity index (χ4n) is 2.36. The Labute approximate surface area is 92.7 Å². The topological polar surface area (TPSA) is 72.2 Å². The molecule has 0 bridgehead atoms. The quantitative estimate of drug-likeness (QED) is 0.669. The Morgan fingerprint density at radius 3 is 2.73 bits per heavy atom. The summed E-state index contributed by atoms with van der Waals surface area (Å²) in [6.07, 6.45) is 5.67. The van der Waals surface area contributed by atoms with Gasteiger partial charge in [-0.3, -0.25) is 0 Å². The van der Waals surface area contributed by atoms with Crippen LogP contribution in [-0.4, -0.2) is 26.8 Å². The molecule has 3 N–H and O–H groups in total. The van der Waals surface area contributed by atoms with Crippen LogP contribution in [0.4, 0.5) is 0 Å². The predicted molar refractivity (Wildman–Crippen MR) is 62.0 cm³/mol. The molecule has 1 aliphatic carbocycles. The fraction of sp³-hybridized carbons (Fsp3) is 1.00. The number of hydrogen-bond acceptors (Lipinski definition) is 3. The molecule has 0 heterocycles. The summed E-state index contributed by atoms with van der Waals surface area (Å²) in [5.74, 6) is 0.864. The molecule has 0 spiro atoms. The summed E-state index contributed by atoms with van der Waals surface area (Å²) in [6.45, 7) is 2.98. The van der Waals surface area contributed by atoms with Crippen molar-refractivity contribution in [3.8, 4) is 0 Å². The Kier molecular flexibility index (Phi) is 5.02. The molecule has 5 heteroatoms. The minimum absolute atomic E-state index is 0.0868. The van der Waals surface area contributed by atoms with Crippen molar-refractivity contribution in [1.29, 1.82) is 0 Å². The van der Waals surface area contributed by atoms with E-state index in [0.717, 1.165) is 12.5 Å². The molecule has 0 aromatic heterocycles. The lowest BCUT2D eigenvalue weighted by atomic mass is 10.0. The van der Waals surface area contributed by atoms with E-state index in [2.05, 4.69) is 12.2 Å². The maximum absolute atomic E-state index is 10.7. The van der Waals surface area contributed by atoms with Gasteiger partial charge in [-0.2, -0.15) is 0 Å². The number of primary sulfonamides is 1. The van der Waals surface area contributed by atoms with Crippen LogP contribution in [-0.2, 0) is 10.0 Å². The van der Waals surface area contributed by atoms with Gasteiger partial charge in [-0.1, -0.05) is 19.8 Å². The summed E-state index contributed by atoms with van der Waals surface area (Å²) in [5.41, 5.74) is 0. The summed E-state index contributed by atoms with van der Waals surface area (Å²) in [4.78, 5) is 0. The van der Waals surface area contributed by atoms with Crippen molar-refractivity contribution in [3.63, 3.8) is 0 Å². The van der Waals surface area contributed by atoms with Crippen LogP contribution in [0.1, 0.15) is 39.0 Å². The third kappa shape index (κ3) is 4.95. The molecule has 1 fully saturated rings. The molecular weight excluding hydrogens is 212 g/mol. The molecule has 0 aliphatic heterocycles. The van der Waals surface area contributed by atoms with Gasteiger partial charge >= 0.3 is 0 Å². The van der Waals surface area contributed by atoms with Crippen LogP contribution in [0.2, 0.25) is 0 Å². The summed E-state index contributed by atoms with van der Waals surface area (Å²) >= 11 is 0. The summed E-state index contributed by atoms with van der Waals surface area (Å²) in [7, 11) is -3.28. The van der Waals surface area contributed by atoms with E-state index >= 15 is 0 Å². The minimum Gasteiger partial charge on any atom is -0.314 e. The van der Waals surface area contributed by atoms with Gasteiger partial charge in [0, 0.05) is 6.04 Å². The molecule has 0 saturated heterocycles. The molecule has 1 saturated carbocycles. The van der Waals surface area contributed by atoms with E-state index in [1.807, 2.05) is 0 Å². The fourth-order valence-corrected chi connectivity index (χ4v) is 2.90. The second-order valence-electron chi connectivity index (χ2n) is 4.38. The summed E-state index contributed by atoms with van der Waals surface area (Å²) < 4.78 is 21.4. The van der Waals surface area contributed by atoms with Gasteiger partial charge in [0.15, 0.2) is 0 Å². The van der Waals surface area contributed by atoms with Crippen LogP contribution in [0.15, 0.2) is 0 Å². The highest BCUT2D eigenvalue weighted by Crippen LogP contribution is 2.27.